The molecule has 0 aliphatic heterocycles. The number of benzene rings is 3. The summed E-state index contributed by atoms with van der Waals surface area (Å²) in [4.78, 5) is 9.91. The van der Waals surface area contributed by atoms with Gasteiger partial charge in [0.2, 0.25) is 0 Å². The quantitative estimate of drug-likeness (QED) is 0.479. The van der Waals surface area contributed by atoms with Gasteiger partial charge in [0.1, 0.15) is 18.4 Å². The number of fused-ring (bicyclic) bond motifs is 4. The van der Waals surface area contributed by atoms with Crippen molar-refractivity contribution in [2.24, 2.45) is 5.16 Å². The standard InChI is InChI=1S/C23H19N3O2/c27-16(13-26-15-24-21-11-5-6-12-22(21)26)14-28-25-23-19-9-3-1-7-17(19)18-8-2-4-10-20(18)23/h1-12,15-16,27H,13-14H2/t16-/m0/s1. The first-order chi connectivity index (χ1) is 13.8. The van der Waals surface area contributed by atoms with E-state index in [0.717, 1.165) is 39.0 Å². The summed E-state index contributed by atoms with van der Waals surface area (Å²) in [5, 5.41) is 14.8. The molecule has 0 radical (unpaired) electrons. The molecule has 0 saturated heterocycles. The number of aliphatic hydroxyl groups excluding tert-OH is 1. The largest absolute Gasteiger partial charge is 0.392 e. The van der Waals surface area contributed by atoms with Crippen LogP contribution in [0, 0.1) is 0 Å². The molecule has 0 bridgehead atoms. The highest BCUT2D eigenvalue weighted by atomic mass is 16.6. The molecule has 3 aromatic carbocycles. The Bertz CT molecular complexity index is 1130. The molecule has 0 unspecified atom stereocenters. The summed E-state index contributed by atoms with van der Waals surface area (Å²) in [7, 11) is 0. The lowest BCUT2D eigenvalue weighted by Crippen LogP contribution is -2.20. The van der Waals surface area contributed by atoms with E-state index in [1.807, 2.05) is 65.2 Å². The average molecular weight is 369 g/mol. The Morgan fingerprint density at radius 3 is 2.18 bits per heavy atom. The Kier molecular flexibility index (Phi) is 4.14. The summed E-state index contributed by atoms with van der Waals surface area (Å²) in [5.74, 6) is 0. The molecule has 138 valence electrons. The Morgan fingerprint density at radius 2 is 1.46 bits per heavy atom. The Labute approximate surface area is 162 Å². The van der Waals surface area contributed by atoms with Crippen LogP contribution in [0.1, 0.15) is 11.1 Å². The Balaban J connectivity index is 1.33. The van der Waals surface area contributed by atoms with E-state index in [2.05, 4.69) is 22.3 Å². The van der Waals surface area contributed by atoms with Crippen LogP contribution in [0.5, 0.6) is 0 Å². The van der Waals surface area contributed by atoms with Gasteiger partial charge in [-0.15, -0.1) is 0 Å². The van der Waals surface area contributed by atoms with Gasteiger partial charge in [-0.2, -0.15) is 0 Å². The molecule has 1 heterocycles. The summed E-state index contributed by atoms with van der Waals surface area (Å²) >= 11 is 0. The number of para-hydroxylation sites is 2. The molecule has 5 heteroatoms. The van der Waals surface area contributed by atoms with Gasteiger partial charge in [-0.05, 0) is 23.3 Å². The minimum atomic E-state index is -0.686. The highest BCUT2D eigenvalue weighted by Gasteiger charge is 2.24. The molecule has 1 aromatic heterocycles. The van der Waals surface area contributed by atoms with Crippen molar-refractivity contribution >= 4 is 16.7 Å². The van der Waals surface area contributed by atoms with E-state index in [1.54, 1.807) is 6.33 Å². The van der Waals surface area contributed by atoms with Crippen LogP contribution < -0.4 is 0 Å². The molecule has 4 aromatic rings. The molecule has 0 saturated carbocycles. The van der Waals surface area contributed by atoms with Crippen LogP contribution in [0.2, 0.25) is 0 Å². The van der Waals surface area contributed by atoms with E-state index in [0.29, 0.717) is 6.54 Å². The Morgan fingerprint density at radius 1 is 0.857 bits per heavy atom. The first-order valence-corrected chi connectivity index (χ1v) is 9.28. The van der Waals surface area contributed by atoms with Gasteiger partial charge in [-0.3, -0.25) is 0 Å². The number of rotatable bonds is 5. The van der Waals surface area contributed by atoms with Gasteiger partial charge in [0.05, 0.1) is 23.9 Å². The molecule has 5 nitrogen and oxygen atoms in total. The van der Waals surface area contributed by atoms with Gasteiger partial charge in [0, 0.05) is 11.1 Å². The first-order valence-electron chi connectivity index (χ1n) is 9.28. The van der Waals surface area contributed by atoms with Crippen LogP contribution in [0.25, 0.3) is 22.2 Å². The van der Waals surface area contributed by atoms with Crippen molar-refractivity contribution in [3.63, 3.8) is 0 Å². The first kappa shape index (κ1) is 16.7. The number of oxime groups is 1. The van der Waals surface area contributed by atoms with Gasteiger partial charge in [0.15, 0.2) is 0 Å². The fourth-order valence-electron chi connectivity index (χ4n) is 3.72. The van der Waals surface area contributed by atoms with Crippen LogP contribution in [0.3, 0.4) is 0 Å². The molecular weight excluding hydrogens is 350 g/mol. The molecule has 1 N–H and O–H groups in total. The number of hydrogen-bond acceptors (Lipinski definition) is 4. The van der Waals surface area contributed by atoms with Gasteiger partial charge in [-0.1, -0.05) is 65.8 Å². The second-order valence-electron chi connectivity index (χ2n) is 6.87. The second kappa shape index (κ2) is 6.94. The third-order valence-electron chi connectivity index (χ3n) is 5.01. The summed E-state index contributed by atoms with van der Waals surface area (Å²) in [6, 6.07) is 24.2. The SMILES string of the molecule is O[C@H](CON=C1c2ccccc2-c2ccccc21)Cn1cnc2ccccc21. The lowest BCUT2D eigenvalue weighted by atomic mass is 10.1. The zero-order chi connectivity index (χ0) is 18.9. The number of hydrogen-bond donors (Lipinski definition) is 1. The smallest absolute Gasteiger partial charge is 0.144 e. The van der Waals surface area contributed by atoms with E-state index < -0.39 is 6.10 Å². The maximum absolute atomic E-state index is 10.4. The molecule has 1 atom stereocenters. The lowest BCUT2D eigenvalue weighted by Gasteiger charge is -2.11. The van der Waals surface area contributed by atoms with Crippen molar-refractivity contribution in [3.05, 3.63) is 90.3 Å². The molecule has 1 aliphatic carbocycles. The predicted octanol–water partition coefficient (Wildman–Crippen LogP) is 3.85. The van der Waals surface area contributed by atoms with Gasteiger partial charge < -0.3 is 14.5 Å². The number of nitrogens with zero attached hydrogens (tertiary/aromatic N) is 3. The molecule has 5 rings (SSSR count). The van der Waals surface area contributed by atoms with Crippen LogP contribution in [0.4, 0.5) is 0 Å². The van der Waals surface area contributed by atoms with Crippen molar-refractivity contribution in [1.29, 1.82) is 0 Å². The zero-order valence-electron chi connectivity index (χ0n) is 15.2. The highest BCUT2D eigenvalue weighted by Crippen LogP contribution is 2.36. The fraction of sp³-hybridized carbons (Fsp3) is 0.130. The third kappa shape index (κ3) is 2.86. The fourth-order valence-corrected chi connectivity index (χ4v) is 3.72. The van der Waals surface area contributed by atoms with Crippen LogP contribution in [0.15, 0.2) is 84.3 Å². The molecule has 1 aliphatic rings. The van der Waals surface area contributed by atoms with Crippen molar-refractivity contribution in [3.8, 4) is 11.1 Å². The van der Waals surface area contributed by atoms with E-state index in [9.17, 15) is 5.11 Å². The number of aromatic nitrogens is 2. The van der Waals surface area contributed by atoms with E-state index in [-0.39, 0.29) is 6.61 Å². The summed E-state index contributed by atoms with van der Waals surface area (Å²) in [6.07, 6.45) is 1.05. The van der Waals surface area contributed by atoms with Gasteiger partial charge in [0.25, 0.3) is 0 Å². The summed E-state index contributed by atoms with van der Waals surface area (Å²) < 4.78 is 1.93. The van der Waals surface area contributed by atoms with E-state index in [4.69, 9.17) is 4.84 Å². The maximum atomic E-state index is 10.4. The zero-order valence-corrected chi connectivity index (χ0v) is 15.2. The lowest BCUT2D eigenvalue weighted by molar-refractivity contribution is 0.0318. The van der Waals surface area contributed by atoms with Gasteiger partial charge >= 0.3 is 0 Å². The molecule has 0 amide bonds. The van der Waals surface area contributed by atoms with Crippen LogP contribution >= 0.6 is 0 Å². The monoisotopic (exact) mass is 369 g/mol. The molecule has 0 spiro atoms. The molecule has 28 heavy (non-hydrogen) atoms. The second-order valence-corrected chi connectivity index (χ2v) is 6.87. The normalized spacial score (nSPS) is 13.2. The van der Waals surface area contributed by atoms with Crippen molar-refractivity contribution in [2.75, 3.05) is 6.61 Å². The molecule has 0 fully saturated rings. The van der Waals surface area contributed by atoms with E-state index >= 15 is 0 Å². The predicted molar refractivity (Wildman–Crippen MR) is 109 cm³/mol. The summed E-state index contributed by atoms with van der Waals surface area (Å²) in [6.45, 7) is 0.513. The van der Waals surface area contributed by atoms with Crippen LogP contribution in [-0.4, -0.2) is 33.1 Å². The highest BCUT2D eigenvalue weighted by molar-refractivity contribution is 6.24. The van der Waals surface area contributed by atoms with Crippen molar-refractivity contribution in [2.45, 2.75) is 12.6 Å². The summed E-state index contributed by atoms with van der Waals surface area (Å²) in [5.41, 5.74) is 7.14. The van der Waals surface area contributed by atoms with Crippen LogP contribution in [-0.2, 0) is 11.4 Å². The topological polar surface area (TPSA) is 59.6 Å². The maximum Gasteiger partial charge on any atom is 0.144 e. The minimum Gasteiger partial charge on any atom is -0.392 e. The average Bonchev–Trinajstić information content (AvgIpc) is 3.28. The Hall–Kier alpha value is -3.44. The third-order valence-corrected chi connectivity index (χ3v) is 5.01. The minimum absolute atomic E-state index is 0.111. The number of imidazole rings is 1. The molecular formula is C23H19N3O2. The van der Waals surface area contributed by atoms with Crippen molar-refractivity contribution in [1.82, 2.24) is 9.55 Å². The van der Waals surface area contributed by atoms with E-state index in [1.165, 1.54) is 0 Å². The van der Waals surface area contributed by atoms with Crippen molar-refractivity contribution < 1.29 is 9.94 Å². The van der Waals surface area contributed by atoms with Gasteiger partial charge in [-0.25, -0.2) is 4.98 Å². The number of aliphatic hydroxyl groups is 1.